The van der Waals surface area contributed by atoms with Crippen molar-refractivity contribution in [1.29, 1.82) is 0 Å². The van der Waals surface area contributed by atoms with E-state index in [1.807, 2.05) is 22.7 Å². The maximum atomic E-state index is 6.48. The average Bonchev–Trinajstić information content (AvgIpc) is 3.53. The molecule has 0 amide bonds. The molecule has 2 N–H and O–H groups in total. The molecule has 0 radical (unpaired) electrons. The second kappa shape index (κ2) is 7.49. The molecule has 6 rings (SSSR count). The molecule has 28 heavy (non-hydrogen) atoms. The van der Waals surface area contributed by atoms with Crippen LogP contribution in [0.1, 0.15) is 64.7 Å². The van der Waals surface area contributed by atoms with E-state index >= 15 is 0 Å². The van der Waals surface area contributed by atoms with Crippen molar-refractivity contribution in [2.45, 2.75) is 68.4 Å². The minimum Gasteiger partial charge on any atom is -0.371 e. The van der Waals surface area contributed by atoms with Gasteiger partial charge in [0.2, 0.25) is 0 Å². The van der Waals surface area contributed by atoms with Crippen LogP contribution < -0.4 is 10.6 Å². The van der Waals surface area contributed by atoms with Gasteiger partial charge in [0, 0.05) is 33.8 Å². The van der Waals surface area contributed by atoms with Crippen molar-refractivity contribution in [2.24, 2.45) is 0 Å². The van der Waals surface area contributed by atoms with Crippen LogP contribution >= 0.6 is 22.7 Å². The number of hydrogen-bond donors (Lipinski definition) is 2. The molecule has 0 spiro atoms. The van der Waals surface area contributed by atoms with E-state index < -0.39 is 0 Å². The lowest BCUT2D eigenvalue weighted by atomic mass is 9.87. The predicted molar refractivity (Wildman–Crippen MR) is 113 cm³/mol. The highest BCUT2D eigenvalue weighted by atomic mass is 32.1. The number of nitrogens with one attached hydrogen (secondary N) is 2. The topological polar surface area (TPSA) is 42.5 Å². The van der Waals surface area contributed by atoms with Crippen LogP contribution in [-0.2, 0) is 15.9 Å². The Morgan fingerprint density at radius 2 is 1.75 bits per heavy atom. The van der Waals surface area contributed by atoms with Crippen molar-refractivity contribution in [3.63, 3.8) is 0 Å². The second-order valence-corrected chi connectivity index (χ2v) is 10.5. The summed E-state index contributed by atoms with van der Waals surface area (Å²) in [4.78, 5) is 2.92. The summed E-state index contributed by atoms with van der Waals surface area (Å²) in [5.74, 6) is 0.468. The monoisotopic (exact) mass is 416 g/mol. The first-order valence-corrected chi connectivity index (χ1v) is 12.5. The van der Waals surface area contributed by atoms with Crippen molar-refractivity contribution in [3.05, 3.63) is 43.8 Å². The third-order valence-electron chi connectivity index (χ3n) is 7.08. The largest absolute Gasteiger partial charge is 0.371 e. The fourth-order valence-electron chi connectivity index (χ4n) is 5.67. The van der Waals surface area contributed by atoms with Crippen LogP contribution in [0, 0.1) is 0 Å². The van der Waals surface area contributed by atoms with E-state index in [4.69, 9.17) is 9.47 Å². The zero-order valence-corrected chi connectivity index (χ0v) is 17.7. The molecule has 6 heterocycles. The van der Waals surface area contributed by atoms with E-state index in [1.54, 1.807) is 0 Å². The van der Waals surface area contributed by atoms with E-state index in [0.717, 1.165) is 26.2 Å². The molecule has 2 unspecified atom stereocenters. The van der Waals surface area contributed by atoms with Crippen molar-refractivity contribution in [1.82, 2.24) is 10.6 Å². The van der Waals surface area contributed by atoms with Gasteiger partial charge in [-0.15, -0.1) is 22.7 Å². The van der Waals surface area contributed by atoms with Crippen LogP contribution in [0.15, 0.2) is 22.9 Å². The maximum Gasteiger partial charge on any atom is 0.107 e. The lowest BCUT2D eigenvalue weighted by Gasteiger charge is -2.36. The van der Waals surface area contributed by atoms with Gasteiger partial charge in [-0.3, -0.25) is 0 Å². The van der Waals surface area contributed by atoms with Crippen molar-refractivity contribution in [3.8, 4) is 0 Å². The zero-order valence-electron chi connectivity index (χ0n) is 16.1. The minimum atomic E-state index is 0.232. The Hall–Kier alpha value is -0.760. The third kappa shape index (κ3) is 3.01. The number of thiophene rings is 2. The molecule has 0 bridgehead atoms. The van der Waals surface area contributed by atoms with Crippen LogP contribution in [0.5, 0.6) is 0 Å². The van der Waals surface area contributed by atoms with Gasteiger partial charge in [-0.25, -0.2) is 0 Å². The molecule has 4 aliphatic heterocycles. The number of hydrogen-bond acceptors (Lipinski definition) is 6. The van der Waals surface area contributed by atoms with Gasteiger partial charge in [-0.05, 0) is 72.7 Å². The van der Waals surface area contributed by atoms with Crippen LogP contribution in [0.4, 0.5) is 0 Å². The summed E-state index contributed by atoms with van der Waals surface area (Å²) >= 11 is 3.75. The SMILES string of the molecule is c1cc2c(s1)[C@H]([C@@H]1CCC(C3CO[C@H]([C@@H]4CCCN4)c4sccc43)N1)OCC2. The lowest BCUT2D eigenvalue weighted by molar-refractivity contribution is 0.00126. The summed E-state index contributed by atoms with van der Waals surface area (Å²) in [6.45, 7) is 2.83. The van der Waals surface area contributed by atoms with Gasteiger partial charge in [-0.2, -0.15) is 0 Å². The highest BCUT2D eigenvalue weighted by Crippen LogP contribution is 2.45. The Balaban J connectivity index is 1.20. The molecule has 6 atom stereocenters. The Morgan fingerprint density at radius 1 is 0.893 bits per heavy atom. The molecule has 0 aromatic carbocycles. The van der Waals surface area contributed by atoms with Gasteiger partial charge in [0.1, 0.15) is 12.2 Å². The molecule has 150 valence electrons. The normalized spacial score (nSPS) is 37.7. The quantitative estimate of drug-likeness (QED) is 0.789. The lowest BCUT2D eigenvalue weighted by Crippen LogP contribution is -2.42. The van der Waals surface area contributed by atoms with Gasteiger partial charge in [0.05, 0.1) is 13.2 Å². The van der Waals surface area contributed by atoms with Gasteiger partial charge in [0.15, 0.2) is 0 Å². The standard InChI is InChI=1S/C22H28N2O2S2/c1-2-17(23-8-1)19-22-14(7-11-28-22)15(12-26-19)16-3-4-18(24-16)20-21-13(5-9-25-20)6-10-27-21/h6-7,10-11,15-20,23-24H,1-5,8-9,12H2/t15?,16?,17-,18-,19+,20-/m0/s1. The van der Waals surface area contributed by atoms with Crippen LogP contribution in [0.3, 0.4) is 0 Å². The number of rotatable bonds is 3. The van der Waals surface area contributed by atoms with E-state index in [-0.39, 0.29) is 12.2 Å². The van der Waals surface area contributed by atoms with Gasteiger partial charge in [-0.1, -0.05) is 0 Å². The summed E-state index contributed by atoms with van der Waals surface area (Å²) < 4.78 is 12.7. The number of fused-ring (bicyclic) bond motifs is 2. The molecular weight excluding hydrogens is 388 g/mol. The highest BCUT2D eigenvalue weighted by Gasteiger charge is 2.42. The van der Waals surface area contributed by atoms with Crippen molar-refractivity contribution >= 4 is 22.7 Å². The van der Waals surface area contributed by atoms with Crippen molar-refractivity contribution < 1.29 is 9.47 Å². The summed E-state index contributed by atoms with van der Waals surface area (Å²) in [6, 6.07) is 6.06. The fourth-order valence-corrected chi connectivity index (χ4v) is 7.82. The van der Waals surface area contributed by atoms with Crippen LogP contribution in [-0.4, -0.2) is 37.9 Å². The van der Waals surface area contributed by atoms with Gasteiger partial charge in [0.25, 0.3) is 0 Å². The minimum absolute atomic E-state index is 0.232. The molecule has 6 heteroatoms. The van der Waals surface area contributed by atoms with E-state index in [9.17, 15) is 0 Å². The first kappa shape index (κ1) is 18.0. The summed E-state index contributed by atoms with van der Waals surface area (Å²) in [6.07, 6.45) is 6.45. The first-order valence-electron chi connectivity index (χ1n) is 10.7. The van der Waals surface area contributed by atoms with E-state index in [2.05, 4.69) is 33.5 Å². The molecule has 0 saturated carbocycles. The molecule has 4 nitrogen and oxygen atoms in total. The summed E-state index contributed by atoms with van der Waals surface area (Å²) in [5.41, 5.74) is 3.04. The van der Waals surface area contributed by atoms with E-state index in [1.165, 1.54) is 46.6 Å². The van der Waals surface area contributed by atoms with Gasteiger partial charge < -0.3 is 20.1 Å². The highest BCUT2D eigenvalue weighted by molar-refractivity contribution is 7.10. The second-order valence-electron chi connectivity index (χ2n) is 8.61. The third-order valence-corrected chi connectivity index (χ3v) is 9.09. The molecular formula is C22H28N2O2S2. The molecule has 2 aromatic heterocycles. The predicted octanol–water partition coefficient (Wildman–Crippen LogP) is 4.15. The Morgan fingerprint density at radius 3 is 2.68 bits per heavy atom. The average molecular weight is 417 g/mol. The maximum absolute atomic E-state index is 6.48. The molecule has 2 saturated heterocycles. The molecule has 2 aromatic rings. The number of ether oxygens (including phenoxy) is 2. The van der Waals surface area contributed by atoms with E-state index in [0.29, 0.717) is 24.0 Å². The summed E-state index contributed by atoms with van der Waals surface area (Å²) in [7, 11) is 0. The molecule has 4 aliphatic rings. The Bertz CT molecular complexity index is 828. The van der Waals surface area contributed by atoms with Crippen molar-refractivity contribution in [2.75, 3.05) is 19.8 Å². The first-order chi connectivity index (χ1) is 13.9. The molecule has 2 fully saturated rings. The fraction of sp³-hybridized carbons (Fsp3) is 0.636. The van der Waals surface area contributed by atoms with Gasteiger partial charge >= 0.3 is 0 Å². The zero-order chi connectivity index (χ0) is 18.5. The Labute approximate surface area is 174 Å². The smallest absolute Gasteiger partial charge is 0.107 e. The molecule has 0 aliphatic carbocycles. The van der Waals surface area contributed by atoms with Crippen LogP contribution in [0.25, 0.3) is 0 Å². The van der Waals surface area contributed by atoms with Crippen LogP contribution in [0.2, 0.25) is 0 Å². The summed E-state index contributed by atoms with van der Waals surface area (Å²) in [5, 5.41) is 12.1. The Kier molecular flexibility index (Phi) is 4.83.